The number of rotatable bonds is 9. The Morgan fingerprint density at radius 1 is 1.11 bits per heavy atom. The van der Waals surface area contributed by atoms with E-state index < -0.39 is 5.91 Å². The second kappa shape index (κ2) is 12.7. The Morgan fingerprint density at radius 2 is 1.91 bits per heavy atom. The largest absolute Gasteiger partial charge is 0.494 e. The minimum absolute atomic E-state index is 0.0610. The number of hydrogen-bond donors (Lipinski definition) is 1. The van der Waals surface area contributed by atoms with E-state index in [-0.39, 0.29) is 12.2 Å². The Kier molecular flexibility index (Phi) is 9.66. The summed E-state index contributed by atoms with van der Waals surface area (Å²) in [5, 5.41) is 13.2. The number of ether oxygens (including phenoxy) is 3. The Balaban J connectivity index is 1.80. The van der Waals surface area contributed by atoms with Gasteiger partial charge in [0.2, 0.25) is 0 Å². The summed E-state index contributed by atoms with van der Waals surface area (Å²) in [6, 6.07) is 17.7. The van der Waals surface area contributed by atoms with Crippen LogP contribution in [0.4, 0.5) is 5.69 Å². The van der Waals surface area contributed by atoms with Crippen molar-refractivity contribution in [2.24, 2.45) is 0 Å². The third-order valence-electron chi connectivity index (χ3n) is 4.70. The van der Waals surface area contributed by atoms with E-state index in [0.29, 0.717) is 45.2 Å². The van der Waals surface area contributed by atoms with Crippen molar-refractivity contribution in [1.82, 2.24) is 0 Å². The molecule has 0 aliphatic carbocycles. The third kappa shape index (κ3) is 7.28. The zero-order valence-corrected chi connectivity index (χ0v) is 22.6. The molecule has 0 saturated heterocycles. The van der Waals surface area contributed by atoms with Gasteiger partial charge < -0.3 is 19.5 Å². The van der Waals surface area contributed by atoms with Crippen LogP contribution in [-0.4, -0.2) is 19.6 Å². The van der Waals surface area contributed by atoms with Crippen LogP contribution in [0.3, 0.4) is 0 Å². The second-order valence-electron chi connectivity index (χ2n) is 7.16. The van der Waals surface area contributed by atoms with Gasteiger partial charge in [-0.05, 0) is 83.1 Å². The molecule has 0 spiro atoms. The van der Waals surface area contributed by atoms with Crippen molar-refractivity contribution in [2.75, 3.05) is 19.0 Å². The highest BCUT2D eigenvalue weighted by molar-refractivity contribution is 14.1. The summed E-state index contributed by atoms with van der Waals surface area (Å²) in [6.07, 6.45) is 1.50. The first kappa shape index (κ1) is 26.7. The van der Waals surface area contributed by atoms with Crippen molar-refractivity contribution in [3.05, 3.63) is 84.9 Å². The molecule has 1 amide bonds. The summed E-state index contributed by atoms with van der Waals surface area (Å²) in [4.78, 5) is 12.7. The number of carbonyl (C=O) groups is 1. The van der Waals surface area contributed by atoms with E-state index in [0.717, 1.165) is 9.13 Å². The molecule has 0 aliphatic heterocycles. The average Bonchev–Trinajstić information content (AvgIpc) is 2.84. The van der Waals surface area contributed by atoms with Crippen LogP contribution < -0.4 is 19.5 Å². The van der Waals surface area contributed by atoms with Crippen LogP contribution in [0.25, 0.3) is 6.08 Å². The highest BCUT2D eigenvalue weighted by Crippen LogP contribution is 2.35. The minimum Gasteiger partial charge on any atom is -0.494 e. The van der Waals surface area contributed by atoms with Crippen molar-refractivity contribution in [3.63, 3.8) is 0 Å². The van der Waals surface area contributed by atoms with Gasteiger partial charge in [-0.15, -0.1) is 0 Å². The van der Waals surface area contributed by atoms with Gasteiger partial charge in [0.25, 0.3) is 5.91 Å². The van der Waals surface area contributed by atoms with Crippen molar-refractivity contribution < 1.29 is 19.0 Å². The summed E-state index contributed by atoms with van der Waals surface area (Å²) >= 11 is 14.2. The van der Waals surface area contributed by atoms with E-state index in [1.165, 1.54) is 13.2 Å². The summed E-state index contributed by atoms with van der Waals surface area (Å²) in [7, 11) is 1.52. The van der Waals surface area contributed by atoms with Crippen LogP contribution in [-0.2, 0) is 11.4 Å². The molecule has 0 saturated carbocycles. The first-order valence-electron chi connectivity index (χ1n) is 10.4. The molecular weight excluding hydrogens is 602 g/mol. The number of carbonyl (C=O) groups excluding carboxylic acids is 1. The van der Waals surface area contributed by atoms with Gasteiger partial charge in [-0.2, -0.15) is 5.26 Å². The average molecular weight is 623 g/mol. The van der Waals surface area contributed by atoms with Crippen molar-refractivity contribution in [2.45, 2.75) is 13.5 Å². The predicted octanol–water partition coefficient (Wildman–Crippen LogP) is 7.13. The minimum atomic E-state index is -0.532. The zero-order chi connectivity index (χ0) is 25.4. The lowest BCUT2D eigenvalue weighted by Crippen LogP contribution is -2.13. The Hall–Kier alpha value is -2.93. The molecular formula is C26H21Cl2IN2O4. The number of methoxy groups -OCH3 is 1. The number of hydrogen-bond acceptors (Lipinski definition) is 5. The monoisotopic (exact) mass is 622 g/mol. The summed E-state index contributed by atoms with van der Waals surface area (Å²) < 4.78 is 17.7. The number of anilines is 1. The highest BCUT2D eigenvalue weighted by atomic mass is 127. The number of benzene rings is 3. The summed E-state index contributed by atoms with van der Waals surface area (Å²) in [6.45, 7) is 2.64. The first-order chi connectivity index (χ1) is 16.8. The molecule has 0 aliphatic rings. The number of nitrogens with zero attached hydrogens (tertiary/aromatic N) is 1. The van der Waals surface area contributed by atoms with Gasteiger partial charge in [0.05, 0.1) is 27.3 Å². The van der Waals surface area contributed by atoms with Crippen LogP contribution in [0, 0.1) is 14.9 Å². The van der Waals surface area contributed by atoms with Gasteiger partial charge in [0.1, 0.15) is 24.0 Å². The van der Waals surface area contributed by atoms with E-state index in [2.05, 4.69) is 27.9 Å². The maximum atomic E-state index is 12.7. The van der Waals surface area contributed by atoms with Crippen molar-refractivity contribution in [1.29, 1.82) is 5.26 Å². The SMILES string of the molecule is CCOc1cccc(NC(=O)/C(C#N)=C\c2cc(I)c(OCc3ccc(Cl)c(Cl)c3)c(OC)c2)c1. The molecule has 180 valence electrons. The van der Waals surface area contributed by atoms with E-state index in [1.54, 1.807) is 48.5 Å². The van der Waals surface area contributed by atoms with E-state index in [4.69, 9.17) is 37.4 Å². The molecule has 0 unspecified atom stereocenters. The molecule has 35 heavy (non-hydrogen) atoms. The van der Waals surface area contributed by atoms with Crippen LogP contribution in [0.15, 0.2) is 60.2 Å². The van der Waals surface area contributed by atoms with E-state index >= 15 is 0 Å². The number of amides is 1. The van der Waals surface area contributed by atoms with Crippen LogP contribution in [0.1, 0.15) is 18.1 Å². The lowest BCUT2D eigenvalue weighted by Gasteiger charge is -2.14. The van der Waals surface area contributed by atoms with Gasteiger partial charge >= 0.3 is 0 Å². The molecule has 0 atom stereocenters. The van der Waals surface area contributed by atoms with Gasteiger partial charge in [-0.25, -0.2) is 0 Å². The molecule has 0 aromatic heterocycles. The quantitative estimate of drug-likeness (QED) is 0.156. The topological polar surface area (TPSA) is 80.6 Å². The Bertz CT molecular complexity index is 1300. The van der Waals surface area contributed by atoms with Crippen LogP contribution >= 0.6 is 45.8 Å². The maximum Gasteiger partial charge on any atom is 0.266 e. The lowest BCUT2D eigenvalue weighted by molar-refractivity contribution is -0.112. The fourth-order valence-corrected chi connectivity index (χ4v) is 4.19. The third-order valence-corrected chi connectivity index (χ3v) is 6.24. The summed E-state index contributed by atoms with van der Waals surface area (Å²) in [5.41, 5.74) is 1.93. The van der Waals surface area contributed by atoms with E-state index in [1.807, 2.05) is 19.1 Å². The second-order valence-corrected chi connectivity index (χ2v) is 9.13. The zero-order valence-electron chi connectivity index (χ0n) is 18.9. The molecule has 1 N–H and O–H groups in total. The van der Waals surface area contributed by atoms with Crippen molar-refractivity contribution in [3.8, 4) is 23.3 Å². The Morgan fingerprint density at radius 3 is 2.60 bits per heavy atom. The fraction of sp³-hybridized carbons (Fsp3) is 0.154. The van der Waals surface area contributed by atoms with Crippen molar-refractivity contribution >= 4 is 63.5 Å². The summed E-state index contributed by atoms with van der Waals surface area (Å²) in [5.74, 6) is 1.09. The lowest BCUT2D eigenvalue weighted by atomic mass is 10.1. The molecule has 0 fully saturated rings. The fourth-order valence-electron chi connectivity index (χ4n) is 3.09. The molecule has 6 nitrogen and oxygen atoms in total. The molecule has 0 radical (unpaired) electrons. The van der Waals surface area contributed by atoms with E-state index in [9.17, 15) is 10.1 Å². The number of nitrogens with one attached hydrogen (secondary N) is 1. The number of nitriles is 1. The maximum absolute atomic E-state index is 12.7. The first-order valence-corrected chi connectivity index (χ1v) is 12.3. The molecule has 3 rings (SSSR count). The van der Waals surface area contributed by atoms with Crippen LogP contribution in [0.2, 0.25) is 10.0 Å². The standard InChI is InChI=1S/C26H21Cl2IN2O4/c1-3-34-20-6-4-5-19(13-20)31-26(32)18(14-30)9-17-11-23(29)25(24(12-17)33-2)35-15-16-7-8-21(27)22(28)10-16/h4-13H,3,15H2,1-2H3,(H,31,32)/b18-9-. The van der Waals surface area contributed by atoms with Gasteiger partial charge in [0, 0.05) is 11.8 Å². The Labute approximate surface area is 227 Å². The molecule has 3 aromatic rings. The van der Waals surface area contributed by atoms with Crippen LogP contribution in [0.5, 0.6) is 17.2 Å². The normalized spacial score (nSPS) is 10.9. The molecule has 0 heterocycles. The number of halogens is 3. The van der Waals surface area contributed by atoms with Gasteiger partial charge in [-0.3, -0.25) is 4.79 Å². The molecule has 9 heteroatoms. The molecule has 3 aromatic carbocycles. The van der Waals surface area contributed by atoms with Gasteiger partial charge in [0.15, 0.2) is 11.5 Å². The molecule has 0 bridgehead atoms. The van der Waals surface area contributed by atoms with Gasteiger partial charge in [-0.1, -0.05) is 35.3 Å². The predicted molar refractivity (Wildman–Crippen MR) is 146 cm³/mol. The highest BCUT2D eigenvalue weighted by Gasteiger charge is 2.15. The smallest absolute Gasteiger partial charge is 0.266 e.